The third-order valence-corrected chi connectivity index (χ3v) is 4.68. The van der Waals surface area contributed by atoms with Gasteiger partial charge in [0.25, 0.3) is 0 Å². The van der Waals surface area contributed by atoms with Gasteiger partial charge in [0.1, 0.15) is 0 Å². The van der Waals surface area contributed by atoms with E-state index in [1.165, 1.54) is 19.3 Å². The smallest absolute Gasteiger partial charge is 0.318 e. The highest BCUT2D eigenvalue weighted by molar-refractivity contribution is 5.76. The van der Waals surface area contributed by atoms with Crippen LogP contribution in [0, 0.1) is 0 Å². The molecular weight excluding hydrogens is 312 g/mol. The van der Waals surface area contributed by atoms with Gasteiger partial charge in [0.05, 0.1) is 0 Å². The minimum absolute atomic E-state index is 0.0199. The Hall–Kier alpha value is -1.91. The average Bonchev–Trinajstić information content (AvgIpc) is 2.51. The maximum atomic E-state index is 13.0. The number of carbonyl (C=O) groups is 1. The van der Waals surface area contributed by atoms with Gasteiger partial charge >= 0.3 is 6.03 Å². The van der Waals surface area contributed by atoms with Crippen molar-refractivity contribution >= 4 is 17.4 Å². The third kappa shape index (κ3) is 5.55. The monoisotopic (exact) mass is 346 g/mol. The van der Waals surface area contributed by atoms with Crippen molar-refractivity contribution in [2.24, 2.45) is 0 Å². The lowest BCUT2D eigenvalue weighted by molar-refractivity contribution is 0.144. The van der Waals surface area contributed by atoms with E-state index in [1.807, 2.05) is 58.0 Å². The molecule has 25 heavy (non-hydrogen) atoms. The molecule has 140 valence electrons. The first-order valence-electron chi connectivity index (χ1n) is 9.32. The highest BCUT2D eigenvalue weighted by atomic mass is 16.2. The van der Waals surface area contributed by atoms with Gasteiger partial charge in [-0.15, -0.1) is 0 Å². The largest absolute Gasteiger partial charge is 0.399 e. The molecule has 0 aliphatic heterocycles. The van der Waals surface area contributed by atoms with Crippen molar-refractivity contribution in [3.05, 3.63) is 23.8 Å². The molecule has 0 aromatic heterocycles. The molecule has 3 N–H and O–H groups in total. The Morgan fingerprint density at radius 3 is 2.40 bits per heavy atom. The van der Waals surface area contributed by atoms with Crippen molar-refractivity contribution in [1.82, 2.24) is 10.2 Å². The quantitative estimate of drug-likeness (QED) is 0.811. The number of hydrogen-bond acceptors (Lipinski definition) is 3. The van der Waals surface area contributed by atoms with E-state index < -0.39 is 0 Å². The zero-order valence-electron chi connectivity index (χ0n) is 16.4. The molecule has 2 rings (SSSR count). The van der Waals surface area contributed by atoms with Gasteiger partial charge in [-0.05, 0) is 57.4 Å². The topological polar surface area (TPSA) is 61.6 Å². The minimum Gasteiger partial charge on any atom is -0.399 e. The second-order valence-electron chi connectivity index (χ2n) is 8.38. The van der Waals surface area contributed by atoms with Crippen molar-refractivity contribution in [2.75, 3.05) is 24.7 Å². The number of nitrogens with one attached hydrogen (secondary N) is 1. The van der Waals surface area contributed by atoms with Crippen LogP contribution in [0.2, 0.25) is 0 Å². The summed E-state index contributed by atoms with van der Waals surface area (Å²) in [6, 6.07) is 6.26. The first kappa shape index (κ1) is 19.4. The van der Waals surface area contributed by atoms with Crippen molar-refractivity contribution in [1.29, 1.82) is 0 Å². The number of hydrogen-bond donors (Lipinski definition) is 2. The molecule has 0 unspecified atom stereocenters. The number of nitrogen functional groups attached to an aromatic ring is 1. The number of nitrogens with zero attached hydrogens (tertiary/aromatic N) is 2. The zero-order valence-corrected chi connectivity index (χ0v) is 16.4. The molecular formula is C20H34N4O. The molecule has 1 aliphatic rings. The van der Waals surface area contributed by atoms with Crippen LogP contribution in [0.3, 0.4) is 0 Å². The van der Waals surface area contributed by atoms with E-state index in [0.29, 0.717) is 12.6 Å². The van der Waals surface area contributed by atoms with Gasteiger partial charge < -0.3 is 20.9 Å². The van der Waals surface area contributed by atoms with Crippen LogP contribution >= 0.6 is 0 Å². The SMILES string of the molecule is CN(C)c1ccc(N)cc1CN(C(=O)NC(C)(C)C)C1CCCCC1. The lowest BCUT2D eigenvalue weighted by Crippen LogP contribution is -2.52. The fourth-order valence-corrected chi connectivity index (χ4v) is 3.50. The normalized spacial score (nSPS) is 15.7. The summed E-state index contributed by atoms with van der Waals surface area (Å²) in [7, 11) is 4.05. The van der Waals surface area contributed by atoms with Gasteiger partial charge in [0.2, 0.25) is 0 Å². The number of rotatable bonds is 4. The molecule has 1 aromatic rings. The van der Waals surface area contributed by atoms with Gasteiger partial charge in [-0.25, -0.2) is 4.79 Å². The van der Waals surface area contributed by atoms with E-state index in [9.17, 15) is 4.79 Å². The molecule has 0 bridgehead atoms. The highest BCUT2D eigenvalue weighted by Gasteiger charge is 2.28. The number of amides is 2. The van der Waals surface area contributed by atoms with Gasteiger partial charge in [-0.3, -0.25) is 0 Å². The summed E-state index contributed by atoms with van der Waals surface area (Å²) < 4.78 is 0. The van der Waals surface area contributed by atoms with E-state index in [2.05, 4.69) is 10.2 Å². The Morgan fingerprint density at radius 1 is 1.20 bits per heavy atom. The number of urea groups is 1. The summed E-state index contributed by atoms with van der Waals surface area (Å²) in [5.74, 6) is 0. The van der Waals surface area contributed by atoms with Crippen LogP contribution in [0.15, 0.2) is 18.2 Å². The lowest BCUT2D eigenvalue weighted by atomic mass is 9.93. The van der Waals surface area contributed by atoms with Crippen LogP contribution in [0.4, 0.5) is 16.2 Å². The van der Waals surface area contributed by atoms with Gasteiger partial charge in [0, 0.05) is 43.6 Å². The molecule has 1 saturated carbocycles. The maximum Gasteiger partial charge on any atom is 0.318 e. The summed E-state index contributed by atoms with van der Waals surface area (Å²) in [6.45, 7) is 6.66. The second-order valence-corrected chi connectivity index (χ2v) is 8.38. The third-order valence-electron chi connectivity index (χ3n) is 4.68. The molecule has 1 fully saturated rings. The zero-order chi connectivity index (χ0) is 18.6. The Balaban J connectivity index is 2.29. The van der Waals surface area contributed by atoms with E-state index in [1.54, 1.807) is 0 Å². The van der Waals surface area contributed by atoms with Crippen molar-refractivity contribution in [3.8, 4) is 0 Å². The van der Waals surface area contributed by atoms with Crippen LogP contribution in [0.5, 0.6) is 0 Å². The molecule has 0 heterocycles. The fourth-order valence-electron chi connectivity index (χ4n) is 3.50. The summed E-state index contributed by atoms with van der Waals surface area (Å²) in [4.78, 5) is 17.1. The maximum absolute atomic E-state index is 13.0. The molecule has 0 spiro atoms. The van der Waals surface area contributed by atoms with Crippen molar-refractivity contribution < 1.29 is 4.79 Å². The molecule has 5 heteroatoms. The van der Waals surface area contributed by atoms with Crippen LogP contribution in [-0.2, 0) is 6.54 Å². The molecule has 1 aromatic carbocycles. The van der Waals surface area contributed by atoms with Gasteiger partial charge in [-0.2, -0.15) is 0 Å². The van der Waals surface area contributed by atoms with Crippen LogP contribution < -0.4 is 16.0 Å². The van der Waals surface area contributed by atoms with E-state index in [0.717, 1.165) is 29.8 Å². The van der Waals surface area contributed by atoms with Crippen molar-refractivity contribution in [3.63, 3.8) is 0 Å². The van der Waals surface area contributed by atoms with Crippen LogP contribution in [0.25, 0.3) is 0 Å². The summed E-state index contributed by atoms with van der Waals surface area (Å²) >= 11 is 0. The van der Waals surface area contributed by atoms with Gasteiger partial charge in [0.15, 0.2) is 0 Å². The second kappa shape index (κ2) is 7.98. The number of anilines is 2. The lowest BCUT2D eigenvalue weighted by Gasteiger charge is -2.37. The first-order valence-corrected chi connectivity index (χ1v) is 9.32. The average molecular weight is 347 g/mol. The molecule has 0 radical (unpaired) electrons. The fraction of sp³-hybridized carbons (Fsp3) is 0.650. The Bertz CT molecular complexity index is 586. The van der Waals surface area contributed by atoms with Crippen LogP contribution in [-0.4, -0.2) is 36.6 Å². The molecule has 0 saturated heterocycles. The highest BCUT2D eigenvalue weighted by Crippen LogP contribution is 2.28. The summed E-state index contributed by atoms with van der Waals surface area (Å²) in [6.07, 6.45) is 5.82. The molecule has 5 nitrogen and oxygen atoms in total. The first-order chi connectivity index (χ1) is 11.7. The predicted molar refractivity (Wildman–Crippen MR) is 106 cm³/mol. The molecule has 2 amide bonds. The predicted octanol–water partition coefficient (Wildman–Crippen LogP) is 3.98. The Morgan fingerprint density at radius 2 is 1.84 bits per heavy atom. The van der Waals surface area contributed by atoms with Gasteiger partial charge in [-0.1, -0.05) is 19.3 Å². The Kier molecular flexibility index (Phi) is 6.20. The standard InChI is InChI=1S/C20H34N4O/c1-20(2,3)22-19(25)24(17-9-7-6-8-10-17)14-15-13-16(21)11-12-18(15)23(4)5/h11-13,17H,6-10,14,21H2,1-5H3,(H,22,25). The Labute approximate surface area is 152 Å². The number of benzene rings is 1. The summed E-state index contributed by atoms with van der Waals surface area (Å²) in [5.41, 5.74) is 8.72. The summed E-state index contributed by atoms with van der Waals surface area (Å²) in [5, 5.41) is 3.14. The van der Waals surface area contributed by atoms with Crippen LogP contribution in [0.1, 0.15) is 58.4 Å². The van der Waals surface area contributed by atoms with E-state index in [4.69, 9.17) is 5.73 Å². The van der Waals surface area contributed by atoms with Crippen molar-refractivity contribution in [2.45, 2.75) is 71.0 Å². The van der Waals surface area contributed by atoms with E-state index >= 15 is 0 Å². The molecule has 0 atom stereocenters. The minimum atomic E-state index is -0.246. The molecule has 1 aliphatic carbocycles. The van der Waals surface area contributed by atoms with E-state index in [-0.39, 0.29) is 11.6 Å². The number of nitrogens with two attached hydrogens (primary N) is 1. The number of carbonyl (C=O) groups excluding carboxylic acids is 1.